The number of anilines is 1. The number of fused-ring (bicyclic) bond motifs is 4. The number of hydrogen-bond acceptors (Lipinski definition) is 1. The molecule has 34 heavy (non-hydrogen) atoms. The van der Waals surface area contributed by atoms with Gasteiger partial charge in [0.15, 0.2) is 0 Å². The molecule has 1 aliphatic rings. The summed E-state index contributed by atoms with van der Waals surface area (Å²) in [6.07, 6.45) is 0. The fraction of sp³-hybridized carbons (Fsp3) is 0.152. The van der Waals surface area contributed by atoms with Gasteiger partial charge in [-0.05, 0) is 76.1 Å². The average molecular weight is 440 g/mol. The van der Waals surface area contributed by atoms with Crippen molar-refractivity contribution < 1.29 is 0 Å². The highest BCUT2D eigenvalue weighted by Gasteiger charge is 2.31. The van der Waals surface area contributed by atoms with Gasteiger partial charge in [0, 0.05) is 18.2 Å². The minimum absolute atomic E-state index is 0.244. The second-order valence-electron chi connectivity index (χ2n) is 9.59. The average Bonchev–Trinajstić information content (AvgIpc) is 3.18. The molecule has 0 aliphatic heterocycles. The van der Waals surface area contributed by atoms with Crippen LogP contribution in [0.4, 0.5) is 5.69 Å². The van der Waals surface area contributed by atoms with Gasteiger partial charge in [-0.1, -0.05) is 103 Å². The van der Waals surface area contributed by atoms with Crippen LogP contribution in [0, 0.1) is 20.8 Å². The van der Waals surface area contributed by atoms with Crippen LogP contribution in [0.15, 0.2) is 97.1 Å². The fourth-order valence-electron chi connectivity index (χ4n) is 5.95. The molecule has 5 aromatic rings. The molecule has 1 nitrogen and oxygen atoms in total. The third kappa shape index (κ3) is 3.31. The fourth-order valence-corrected chi connectivity index (χ4v) is 5.95. The summed E-state index contributed by atoms with van der Waals surface area (Å²) >= 11 is 0. The lowest BCUT2D eigenvalue weighted by atomic mass is 9.84. The van der Waals surface area contributed by atoms with Crippen molar-refractivity contribution in [1.82, 2.24) is 0 Å². The van der Waals surface area contributed by atoms with Gasteiger partial charge >= 0.3 is 0 Å². The molecule has 0 saturated carbocycles. The Hall–Kier alpha value is -3.84. The molecular weight excluding hydrogens is 410 g/mol. The lowest BCUT2D eigenvalue weighted by Gasteiger charge is -2.22. The van der Waals surface area contributed by atoms with Crippen LogP contribution in [0.25, 0.3) is 21.9 Å². The van der Waals surface area contributed by atoms with Crippen LogP contribution in [0.3, 0.4) is 0 Å². The first-order valence-electron chi connectivity index (χ1n) is 12.1. The molecule has 0 radical (unpaired) electrons. The second kappa shape index (κ2) is 8.18. The van der Waals surface area contributed by atoms with E-state index < -0.39 is 0 Å². The normalized spacial score (nSPS) is 12.6. The molecule has 0 aromatic heterocycles. The van der Waals surface area contributed by atoms with Crippen molar-refractivity contribution in [2.45, 2.75) is 33.2 Å². The zero-order valence-corrected chi connectivity index (χ0v) is 20.0. The Balaban J connectivity index is 1.53. The topological polar surface area (TPSA) is 12.0 Å². The van der Waals surface area contributed by atoms with Gasteiger partial charge in [-0.2, -0.15) is 0 Å². The molecule has 0 amide bonds. The van der Waals surface area contributed by atoms with Crippen molar-refractivity contribution in [2.24, 2.45) is 0 Å². The van der Waals surface area contributed by atoms with Crippen molar-refractivity contribution >= 4 is 16.5 Å². The van der Waals surface area contributed by atoms with E-state index in [9.17, 15) is 0 Å². The van der Waals surface area contributed by atoms with Crippen LogP contribution in [-0.4, -0.2) is 0 Å². The second-order valence-corrected chi connectivity index (χ2v) is 9.59. The van der Waals surface area contributed by atoms with Gasteiger partial charge in [0.1, 0.15) is 0 Å². The molecule has 0 unspecified atom stereocenters. The van der Waals surface area contributed by atoms with E-state index in [4.69, 9.17) is 0 Å². The predicted octanol–water partition coefficient (Wildman–Crippen LogP) is 8.54. The highest BCUT2D eigenvalue weighted by molar-refractivity contribution is 5.89. The van der Waals surface area contributed by atoms with Gasteiger partial charge in [-0.25, -0.2) is 0 Å². The van der Waals surface area contributed by atoms with E-state index in [1.54, 1.807) is 0 Å². The molecule has 6 rings (SSSR count). The van der Waals surface area contributed by atoms with Crippen LogP contribution < -0.4 is 5.32 Å². The lowest BCUT2D eigenvalue weighted by Crippen LogP contribution is -2.10. The summed E-state index contributed by atoms with van der Waals surface area (Å²) < 4.78 is 0. The summed E-state index contributed by atoms with van der Waals surface area (Å²) in [6, 6.07) is 35.8. The first-order chi connectivity index (χ1) is 16.6. The van der Waals surface area contributed by atoms with Crippen LogP contribution in [0.5, 0.6) is 0 Å². The lowest BCUT2D eigenvalue weighted by molar-refractivity contribution is 0.975. The Morgan fingerprint density at radius 2 is 1.21 bits per heavy atom. The van der Waals surface area contributed by atoms with Gasteiger partial charge in [-0.3, -0.25) is 0 Å². The maximum Gasteiger partial charge on any atom is 0.0410 e. The number of hydrogen-bond donors (Lipinski definition) is 1. The van der Waals surface area contributed by atoms with Gasteiger partial charge in [0.05, 0.1) is 0 Å². The smallest absolute Gasteiger partial charge is 0.0410 e. The number of nitrogens with one attached hydrogen (secondary N) is 1. The van der Waals surface area contributed by atoms with E-state index in [2.05, 4.69) is 123 Å². The van der Waals surface area contributed by atoms with Crippen molar-refractivity contribution in [3.63, 3.8) is 0 Å². The Morgan fingerprint density at radius 1 is 0.618 bits per heavy atom. The molecule has 5 aromatic carbocycles. The summed E-state index contributed by atoms with van der Waals surface area (Å²) in [7, 11) is 0. The van der Waals surface area contributed by atoms with E-state index in [0.29, 0.717) is 0 Å². The van der Waals surface area contributed by atoms with Gasteiger partial charge in [-0.15, -0.1) is 0 Å². The van der Waals surface area contributed by atoms with E-state index in [0.717, 1.165) is 6.54 Å². The Labute approximate surface area is 202 Å². The molecule has 0 saturated heterocycles. The van der Waals surface area contributed by atoms with Gasteiger partial charge in [0.2, 0.25) is 0 Å². The molecular formula is C33H29N. The zero-order chi connectivity index (χ0) is 23.2. The molecule has 0 bridgehead atoms. The van der Waals surface area contributed by atoms with Crippen LogP contribution in [0.1, 0.15) is 44.9 Å². The standard InChI is InChI=1S/C33H29N/c1-21-18-22(2)33(23(3)19-21)34-20-31-25-11-5-4-10-24(25)16-17-30(31)32-28-14-8-6-12-26(28)27-13-7-9-15-29(27)32/h4-19,32,34H,20H2,1-3H3. The third-order valence-electron chi connectivity index (χ3n) is 7.34. The maximum atomic E-state index is 3.83. The van der Waals surface area contributed by atoms with Crippen LogP contribution in [0.2, 0.25) is 0 Å². The monoisotopic (exact) mass is 439 g/mol. The largest absolute Gasteiger partial charge is 0.381 e. The van der Waals surface area contributed by atoms with E-state index in [-0.39, 0.29) is 5.92 Å². The summed E-state index contributed by atoms with van der Waals surface area (Å²) in [5.74, 6) is 0.244. The van der Waals surface area contributed by atoms with E-state index >= 15 is 0 Å². The zero-order valence-electron chi connectivity index (χ0n) is 20.0. The molecule has 0 atom stereocenters. The third-order valence-corrected chi connectivity index (χ3v) is 7.34. The summed E-state index contributed by atoms with van der Waals surface area (Å²) in [5, 5.41) is 6.45. The highest BCUT2D eigenvalue weighted by Crippen LogP contribution is 2.49. The van der Waals surface area contributed by atoms with E-state index in [1.165, 1.54) is 66.5 Å². The summed E-state index contributed by atoms with van der Waals surface area (Å²) in [5.41, 5.74) is 13.5. The van der Waals surface area contributed by atoms with Crippen molar-refractivity contribution in [1.29, 1.82) is 0 Å². The number of benzene rings is 5. The van der Waals surface area contributed by atoms with Gasteiger partial charge < -0.3 is 5.32 Å². The first kappa shape index (κ1) is 20.7. The van der Waals surface area contributed by atoms with Crippen LogP contribution >= 0.6 is 0 Å². The van der Waals surface area contributed by atoms with Gasteiger partial charge in [0.25, 0.3) is 0 Å². The predicted molar refractivity (Wildman–Crippen MR) is 145 cm³/mol. The first-order valence-corrected chi connectivity index (χ1v) is 12.1. The number of rotatable bonds is 4. The highest BCUT2D eigenvalue weighted by atomic mass is 14.9. The Bertz CT molecular complexity index is 1470. The Morgan fingerprint density at radius 3 is 1.88 bits per heavy atom. The molecule has 0 spiro atoms. The molecule has 166 valence electrons. The minimum Gasteiger partial charge on any atom is -0.381 e. The SMILES string of the molecule is Cc1cc(C)c(NCc2c(C3c4ccccc4-c4ccccc43)ccc3ccccc23)c(C)c1. The van der Waals surface area contributed by atoms with Crippen molar-refractivity contribution in [3.05, 3.63) is 136 Å². The quantitative estimate of drug-likeness (QED) is 0.290. The molecule has 0 heterocycles. The number of aryl methyl sites for hydroxylation is 3. The van der Waals surface area contributed by atoms with Crippen LogP contribution in [-0.2, 0) is 6.54 Å². The molecule has 1 heteroatoms. The summed E-state index contributed by atoms with van der Waals surface area (Å²) in [6.45, 7) is 7.37. The Kier molecular flexibility index (Phi) is 4.99. The maximum absolute atomic E-state index is 3.83. The summed E-state index contributed by atoms with van der Waals surface area (Å²) in [4.78, 5) is 0. The minimum atomic E-state index is 0.244. The molecule has 1 N–H and O–H groups in total. The van der Waals surface area contributed by atoms with E-state index in [1.807, 2.05) is 0 Å². The molecule has 0 fully saturated rings. The molecule has 1 aliphatic carbocycles. The van der Waals surface area contributed by atoms with Crippen molar-refractivity contribution in [3.8, 4) is 11.1 Å². The van der Waals surface area contributed by atoms with Crippen molar-refractivity contribution in [2.75, 3.05) is 5.32 Å².